The van der Waals surface area contributed by atoms with E-state index in [0.717, 1.165) is 11.8 Å². The highest BCUT2D eigenvalue weighted by Crippen LogP contribution is 2.44. The Morgan fingerprint density at radius 3 is 1.94 bits per heavy atom. The van der Waals surface area contributed by atoms with Gasteiger partial charge in [-0.1, -0.05) is 39.2 Å². The lowest BCUT2D eigenvalue weighted by Crippen LogP contribution is -2.72. The summed E-state index contributed by atoms with van der Waals surface area (Å²) in [5.74, 6) is -4.66. The number of amides is 1. The first-order valence-electron chi connectivity index (χ1n) is 10.0. The average Bonchev–Trinajstić information content (AvgIpc) is 2.82. The summed E-state index contributed by atoms with van der Waals surface area (Å²) in [6, 6.07) is -1.37. The maximum Gasteiger partial charge on any atom is 0.347 e. The van der Waals surface area contributed by atoms with Crippen LogP contribution in [0.3, 0.4) is 0 Å². The zero-order chi connectivity index (χ0) is 24.2. The van der Waals surface area contributed by atoms with Crippen molar-refractivity contribution in [2.75, 3.05) is 13.2 Å². The lowest BCUT2D eigenvalue weighted by Gasteiger charge is -2.44. The molecular formula is C22H33NO8. The quantitative estimate of drug-likeness (QED) is 0.249. The molecule has 2 atom stereocenters. The molecule has 1 heterocycles. The minimum Gasteiger partial charge on any atom is -0.459 e. The molecule has 1 amide bonds. The summed E-state index contributed by atoms with van der Waals surface area (Å²) in [6.07, 6.45) is 1.93. The normalized spacial score (nSPS) is 21.4. The zero-order valence-electron chi connectivity index (χ0n) is 19.1. The Balaban J connectivity index is 3.76. The summed E-state index contributed by atoms with van der Waals surface area (Å²) in [4.78, 5) is 53.4. The Labute approximate surface area is 183 Å². The topological polar surface area (TPSA) is 119 Å². The summed E-state index contributed by atoms with van der Waals surface area (Å²) in [5.41, 5.74) is -5.75. The van der Waals surface area contributed by atoms with Gasteiger partial charge >= 0.3 is 17.9 Å². The van der Waals surface area contributed by atoms with Crippen LogP contribution in [0, 0.1) is 5.92 Å². The molecule has 1 N–H and O–H groups in total. The van der Waals surface area contributed by atoms with E-state index in [4.69, 9.17) is 14.2 Å². The van der Waals surface area contributed by atoms with Gasteiger partial charge in [-0.05, 0) is 33.6 Å². The Hall–Kier alpha value is -2.68. The van der Waals surface area contributed by atoms with Gasteiger partial charge in [0.15, 0.2) is 0 Å². The fourth-order valence-corrected chi connectivity index (χ4v) is 3.55. The monoisotopic (exact) mass is 439 g/mol. The van der Waals surface area contributed by atoms with Crippen molar-refractivity contribution in [2.24, 2.45) is 5.92 Å². The largest absolute Gasteiger partial charge is 0.459 e. The molecule has 1 unspecified atom stereocenters. The number of carbonyl (C=O) groups excluding carboxylic acids is 4. The molecule has 1 aliphatic rings. The summed E-state index contributed by atoms with van der Waals surface area (Å²) in [5, 5.41) is 11.2. The van der Waals surface area contributed by atoms with E-state index >= 15 is 0 Å². The summed E-state index contributed by atoms with van der Waals surface area (Å²) < 4.78 is 15.7. The van der Waals surface area contributed by atoms with Gasteiger partial charge in [0.2, 0.25) is 5.91 Å². The van der Waals surface area contributed by atoms with E-state index in [0.29, 0.717) is 0 Å². The molecule has 0 saturated carbocycles. The number of nitrogens with zero attached hydrogens (tertiary/aromatic N) is 1. The smallest absolute Gasteiger partial charge is 0.347 e. The fraction of sp³-hybridized carbons (Fsp3) is 0.636. The van der Waals surface area contributed by atoms with E-state index in [2.05, 4.69) is 13.2 Å². The van der Waals surface area contributed by atoms with Crippen LogP contribution in [0.1, 0.15) is 48.0 Å². The van der Waals surface area contributed by atoms with Gasteiger partial charge in [0.1, 0.15) is 30.5 Å². The van der Waals surface area contributed by atoms with Crippen LogP contribution in [-0.2, 0) is 33.4 Å². The molecule has 1 fully saturated rings. The molecular weight excluding hydrogens is 406 g/mol. The van der Waals surface area contributed by atoms with Crippen LogP contribution in [0.15, 0.2) is 25.3 Å². The molecule has 31 heavy (non-hydrogen) atoms. The zero-order valence-corrected chi connectivity index (χ0v) is 19.1. The van der Waals surface area contributed by atoms with E-state index in [9.17, 15) is 24.3 Å². The minimum absolute atomic E-state index is 0.286. The average molecular weight is 440 g/mol. The molecule has 1 saturated heterocycles. The van der Waals surface area contributed by atoms with Gasteiger partial charge in [-0.25, -0.2) is 14.4 Å². The number of esters is 3. The third-order valence-electron chi connectivity index (χ3n) is 4.72. The first-order valence-corrected chi connectivity index (χ1v) is 10.0. The molecule has 0 aromatic rings. The molecule has 0 spiro atoms. The maximum absolute atomic E-state index is 13.2. The van der Waals surface area contributed by atoms with Crippen molar-refractivity contribution in [3.8, 4) is 0 Å². The predicted octanol–water partition coefficient (Wildman–Crippen LogP) is 1.53. The maximum atomic E-state index is 13.2. The number of carbonyl (C=O) groups is 4. The van der Waals surface area contributed by atoms with Crippen LogP contribution >= 0.6 is 0 Å². The van der Waals surface area contributed by atoms with Gasteiger partial charge in [-0.2, -0.15) is 0 Å². The standard InChI is InChI=1S/C22H33NO8/c1-9-11-29-18(26)22(19(27)30-12-10-2)21(8,28)13-15(24)23(22)16(14(3)4)17(25)31-20(5,6)7/h9-10,14,16,28H,1-2,11-13H2,3-8H3/t16-,21?/m1/s1. The Morgan fingerprint density at radius 2 is 1.58 bits per heavy atom. The fourth-order valence-electron chi connectivity index (χ4n) is 3.55. The lowest BCUT2D eigenvalue weighted by molar-refractivity contribution is -0.194. The molecule has 0 aromatic heterocycles. The molecule has 1 rings (SSSR count). The molecule has 0 radical (unpaired) electrons. The SMILES string of the molecule is C=CCOC(=O)C1(C(=O)OCC=C)N([C@@H](C(=O)OC(C)(C)C)C(C)C)C(=O)CC1(C)O. The molecule has 0 aromatic carbocycles. The Kier molecular flexibility index (Phi) is 8.19. The first kappa shape index (κ1) is 26.4. The molecule has 174 valence electrons. The number of likely N-dealkylation sites (tertiary alicyclic amines) is 1. The van der Waals surface area contributed by atoms with Crippen molar-refractivity contribution < 1.29 is 38.5 Å². The molecule has 0 bridgehead atoms. The second-order valence-corrected chi connectivity index (χ2v) is 8.92. The highest BCUT2D eigenvalue weighted by molar-refractivity contribution is 6.13. The Morgan fingerprint density at radius 1 is 1.13 bits per heavy atom. The Bertz CT molecular complexity index is 723. The first-order chi connectivity index (χ1) is 14.2. The van der Waals surface area contributed by atoms with Crippen LogP contribution in [0.25, 0.3) is 0 Å². The highest BCUT2D eigenvalue weighted by atomic mass is 16.6. The van der Waals surface area contributed by atoms with Crippen LogP contribution in [0.4, 0.5) is 0 Å². The van der Waals surface area contributed by atoms with Crippen LogP contribution in [-0.4, -0.2) is 69.8 Å². The third-order valence-corrected chi connectivity index (χ3v) is 4.72. The van der Waals surface area contributed by atoms with Crippen molar-refractivity contribution in [3.63, 3.8) is 0 Å². The van der Waals surface area contributed by atoms with Crippen LogP contribution in [0.2, 0.25) is 0 Å². The van der Waals surface area contributed by atoms with Crippen molar-refractivity contribution in [3.05, 3.63) is 25.3 Å². The van der Waals surface area contributed by atoms with Crippen molar-refractivity contribution in [2.45, 2.75) is 70.7 Å². The molecule has 9 heteroatoms. The second-order valence-electron chi connectivity index (χ2n) is 8.92. The predicted molar refractivity (Wildman–Crippen MR) is 112 cm³/mol. The van der Waals surface area contributed by atoms with Crippen molar-refractivity contribution >= 4 is 23.8 Å². The van der Waals surface area contributed by atoms with E-state index in [1.165, 1.54) is 12.2 Å². The van der Waals surface area contributed by atoms with E-state index < -0.39 is 58.9 Å². The van der Waals surface area contributed by atoms with Gasteiger partial charge in [0.05, 0.1) is 6.42 Å². The number of hydrogen-bond donors (Lipinski definition) is 1. The number of ether oxygens (including phenoxy) is 3. The van der Waals surface area contributed by atoms with Gasteiger partial charge in [0.25, 0.3) is 5.54 Å². The number of hydrogen-bond acceptors (Lipinski definition) is 8. The second kappa shape index (κ2) is 9.64. The molecule has 9 nitrogen and oxygen atoms in total. The minimum atomic E-state index is -2.62. The number of rotatable bonds is 9. The molecule has 0 aliphatic carbocycles. The van der Waals surface area contributed by atoms with Gasteiger partial charge < -0.3 is 24.2 Å². The van der Waals surface area contributed by atoms with E-state index in [1.54, 1.807) is 34.6 Å². The number of aliphatic hydroxyl groups is 1. The summed E-state index contributed by atoms with van der Waals surface area (Å²) in [6.45, 7) is 15.7. The summed E-state index contributed by atoms with van der Waals surface area (Å²) >= 11 is 0. The van der Waals surface area contributed by atoms with Gasteiger partial charge in [-0.15, -0.1) is 0 Å². The third kappa shape index (κ3) is 5.15. The van der Waals surface area contributed by atoms with Gasteiger partial charge in [0, 0.05) is 0 Å². The van der Waals surface area contributed by atoms with Crippen LogP contribution < -0.4 is 0 Å². The van der Waals surface area contributed by atoms with E-state index in [-0.39, 0.29) is 13.2 Å². The lowest BCUT2D eigenvalue weighted by atomic mass is 9.80. The van der Waals surface area contributed by atoms with Crippen molar-refractivity contribution in [1.29, 1.82) is 0 Å². The van der Waals surface area contributed by atoms with Crippen molar-refractivity contribution in [1.82, 2.24) is 4.90 Å². The van der Waals surface area contributed by atoms with Crippen LogP contribution in [0.5, 0.6) is 0 Å². The molecule has 1 aliphatic heterocycles. The van der Waals surface area contributed by atoms with E-state index in [1.807, 2.05) is 0 Å². The van der Waals surface area contributed by atoms with Gasteiger partial charge in [-0.3, -0.25) is 4.79 Å². The highest BCUT2D eigenvalue weighted by Gasteiger charge is 2.73. The summed E-state index contributed by atoms with van der Waals surface area (Å²) in [7, 11) is 0.